The molecule has 0 saturated carbocycles. The first kappa shape index (κ1) is 37.2. The lowest BCUT2D eigenvalue weighted by molar-refractivity contribution is -0.136. The molecule has 0 aliphatic carbocycles. The zero-order chi connectivity index (χ0) is 30.6. The van der Waals surface area contributed by atoms with E-state index in [2.05, 4.69) is 15.6 Å². The molecule has 42 heavy (non-hydrogen) atoms. The Morgan fingerprint density at radius 1 is 0.667 bits per heavy atom. The Bertz CT molecular complexity index is 1340. The number of pyridine rings is 1. The van der Waals surface area contributed by atoms with Crippen LogP contribution in [-0.4, -0.2) is 34.4 Å². The molecular formula is C35H45N3O4. The summed E-state index contributed by atoms with van der Waals surface area (Å²) in [7, 11) is 0. The fraction of sp³-hybridized carbons (Fsp3) is 0.257. The Hall–Kier alpha value is -4.78. The molecule has 1 heterocycles. The number of hydrogen-bond donors (Lipinski definition) is 3. The quantitative estimate of drug-likeness (QED) is 0.196. The molecule has 224 valence electrons. The first-order valence-electron chi connectivity index (χ1n) is 14.0. The Balaban J connectivity index is 0.00000226. The highest BCUT2D eigenvalue weighted by Gasteiger charge is 2.14. The van der Waals surface area contributed by atoms with Crippen molar-refractivity contribution in [1.82, 2.24) is 10.3 Å². The lowest BCUT2D eigenvalue weighted by Gasteiger charge is -2.11. The number of aliphatic carboxylic acids is 1. The summed E-state index contributed by atoms with van der Waals surface area (Å²) in [4.78, 5) is 40.0. The van der Waals surface area contributed by atoms with Crippen molar-refractivity contribution in [3.63, 3.8) is 0 Å². The van der Waals surface area contributed by atoms with Crippen molar-refractivity contribution in [2.24, 2.45) is 0 Å². The van der Waals surface area contributed by atoms with Gasteiger partial charge in [0.05, 0.1) is 6.42 Å². The van der Waals surface area contributed by atoms with E-state index in [0.717, 1.165) is 11.1 Å². The summed E-state index contributed by atoms with van der Waals surface area (Å²) >= 11 is 0. The maximum absolute atomic E-state index is 13.1. The molecule has 0 aliphatic heterocycles. The minimum Gasteiger partial charge on any atom is -0.481 e. The van der Waals surface area contributed by atoms with Gasteiger partial charge in [-0.05, 0) is 41.0 Å². The van der Waals surface area contributed by atoms with Gasteiger partial charge in [-0.15, -0.1) is 0 Å². The Morgan fingerprint density at radius 3 is 1.79 bits per heavy atom. The van der Waals surface area contributed by atoms with Gasteiger partial charge in [-0.2, -0.15) is 0 Å². The predicted molar refractivity (Wildman–Crippen MR) is 175 cm³/mol. The Kier molecular flexibility index (Phi) is 18.6. The van der Waals surface area contributed by atoms with Crippen LogP contribution in [0.15, 0.2) is 97.2 Å². The van der Waals surface area contributed by atoms with Gasteiger partial charge in [-0.25, -0.2) is 0 Å². The second-order valence-electron chi connectivity index (χ2n) is 7.77. The number of hydrogen-bond acceptors (Lipinski definition) is 4. The monoisotopic (exact) mass is 571 g/mol. The molecule has 3 aromatic carbocycles. The number of benzene rings is 3. The third-order valence-electron chi connectivity index (χ3n) is 5.35. The largest absolute Gasteiger partial charge is 0.481 e. The number of nitrogens with zero attached hydrogens (tertiary/aromatic N) is 1. The molecule has 0 unspecified atom stereocenters. The van der Waals surface area contributed by atoms with Gasteiger partial charge in [0.1, 0.15) is 5.69 Å². The molecule has 4 rings (SSSR count). The predicted octanol–water partition coefficient (Wildman–Crippen LogP) is 8.59. The molecular weight excluding hydrogens is 526 g/mol. The Morgan fingerprint density at radius 2 is 1.21 bits per heavy atom. The summed E-state index contributed by atoms with van der Waals surface area (Å²) in [5, 5.41) is 14.1. The van der Waals surface area contributed by atoms with Crippen molar-refractivity contribution in [2.75, 3.05) is 11.9 Å². The van der Waals surface area contributed by atoms with Crippen LogP contribution in [0.5, 0.6) is 0 Å². The van der Waals surface area contributed by atoms with Crippen LogP contribution in [-0.2, 0) is 4.79 Å². The maximum Gasteiger partial charge on any atom is 0.305 e. The number of carboxylic acid groups (broad SMARTS) is 1. The number of nitrogens with one attached hydrogen (secondary N) is 2. The van der Waals surface area contributed by atoms with Crippen molar-refractivity contribution in [3.05, 3.63) is 108 Å². The smallest absolute Gasteiger partial charge is 0.305 e. The molecule has 0 atom stereocenters. The van der Waals surface area contributed by atoms with Crippen LogP contribution in [0.25, 0.3) is 22.3 Å². The van der Waals surface area contributed by atoms with E-state index < -0.39 is 11.9 Å². The molecule has 4 aromatic rings. The van der Waals surface area contributed by atoms with E-state index in [0.29, 0.717) is 22.4 Å². The van der Waals surface area contributed by atoms with E-state index in [1.807, 2.05) is 108 Å². The molecule has 7 heteroatoms. The van der Waals surface area contributed by atoms with Gasteiger partial charge in [-0.3, -0.25) is 19.4 Å². The fourth-order valence-electron chi connectivity index (χ4n) is 3.57. The van der Waals surface area contributed by atoms with Crippen LogP contribution < -0.4 is 10.6 Å². The molecule has 3 N–H and O–H groups in total. The lowest BCUT2D eigenvalue weighted by atomic mass is 10.00. The summed E-state index contributed by atoms with van der Waals surface area (Å²) in [6.45, 7) is 12.0. The zero-order valence-corrected chi connectivity index (χ0v) is 24.8. The fourth-order valence-corrected chi connectivity index (χ4v) is 3.57. The van der Waals surface area contributed by atoms with Gasteiger partial charge in [0.2, 0.25) is 0 Å². The average molecular weight is 572 g/mol. The maximum atomic E-state index is 13.1. The average Bonchev–Trinajstić information content (AvgIpc) is 3.04. The molecule has 0 bridgehead atoms. The van der Waals surface area contributed by atoms with Crippen molar-refractivity contribution < 1.29 is 19.5 Å². The normalized spacial score (nSPS) is 9.10. The summed E-state index contributed by atoms with van der Waals surface area (Å²) in [5.41, 5.74) is 4.83. The molecule has 7 nitrogen and oxygen atoms in total. The summed E-state index contributed by atoms with van der Waals surface area (Å²) in [6, 6.07) is 28.1. The SMILES string of the molecule is C.CC.CC.CC.O=C(O)CCNC(=O)c1ccc(-c2ccccc2C(=O)Nc2ccc(-c3ccccc3)cc2)cn1. The van der Waals surface area contributed by atoms with E-state index in [1.54, 1.807) is 24.3 Å². The highest BCUT2D eigenvalue weighted by molar-refractivity contribution is 6.08. The molecule has 0 radical (unpaired) electrons. The number of anilines is 1. The summed E-state index contributed by atoms with van der Waals surface area (Å²) < 4.78 is 0. The van der Waals surface area contributed by atoms with Crippen LogP contribution >= 0.6 is 0 Å². The number of carbonyl (C=O) groups is 3. The second kappa shape index (κ2) is 21.0. The minimum absolute atomic E-state index is 0. The molecule has 0 fully saturated rings. The highest BCUT2D eigenvalue weighted by atomic mass is 16.4. The van der Waals surface area contributed by atoms with Gasteiger partial charge in [0.25, 0.3) is 11.8 Å². The number of aromatic nitrogens is 1. The van der Waals surface area contributed by atoms with Gasteiger partial charge < -0.3 is 15.7 Å². The number of rotatable bonds is 8. The van der Waals surface area contributed by atoms with Crippen molar-refractivity contribution in [2.45, 2.75) is 55.4 Å². The standard InChI is InChI=1S/C28H23N3O4.3C2H6.CH4/c32-26(33)16-17-29-28(35)25-15-12-21(18-30-25)23-8-4-5-9-24(23)27(34)31-22-13-10-20(11-14-22)19-6-2-1-3-7-19;3*1-2;/h1-15,18H,16-17H2,(H,29,35)(H,31,34)(H,32,33);3*1-2H3;1H4. The summed E-state index contributed by atoms with van der Waals surface area (Å²) in [5.74, 6) is -1.71. The van der Waals surface area contributed by atoms with Gasteiger partial charge in [0, 0.05) is 29.6 Å². The number of carboxylic acids is 1. The van der Waals surface area contributed by atoms with E-state index in [1.165, 1.54) is 6.20 Å². The molecule has 0 spiro atoms. The number of carbonyl (C=O) groups excluding carboxylic acids is 2. The van der Waals surface area contributed by atoms with Crippen LogP contribution in [0.3, 0.4) is 0 Å². The first-order chi connectivity index (χ1) is 20.0. The van der Waals surface area contributed by atoms with E-state index >= 15 is 0 Å². The summed E-state index contributed by atoms with van der Waals surface area (Å²) in [6.07, 6.45) is 1.36. The van der Waals surface area contributed by atoms with Gasteiger partial charge in [-0.1, -0.05) is 116 Å². The van der Waals surface area contributed by atoms with Gasteiger partial charge >= 0.3 is 5.97 Å². The van der Waals surface area contributed by atoms with Crippen LogP contribution in [0.2, 0.25) is 0 Å². The number of amides is 2. The van der Waals surface area contributed by atoms with Gasteiger partial charge in [0.15, 0.2) is 0 Å². The third kappa shape index (κ3) is 11.4. The van der Waals surface area contributed by atoms with E-state index in [9.17, 15) is 14.4 Å². The van der Waals surface area contributed by atoms with Crippen LogP contribution in [0.1, 0.15) is 76.2 Å². The topological polar surface area (TPSA) is 108 Å². The van der Waals surface area contributed by atoms with Crippen molar-refractivity contribution in [3.8, 4) is 22.3 Å². The second-order valence-corrected chi connectivity index (χ2v) is 7.77. The minimum atomic E-state index is -0.990. The lowest BCUT2D eigenvalue weighted by Crippen LogP contribution is -2.26. The molecule has 2 amide bonds. The highest BCUT2D eigenvalue weighted by Crippen LogP contribution is 2.25. The van der Waals surface area contributed by atoms with Crippen LogP contribution in [0, 0.1) is 0 Å². The van der Waals surface area contributed by atoms with Crippen molar-refractivity contribution >= 4 is 23.5 Å². The molecule has 1 aromatic heterocycles. The zero-order valence-electron chi connectivity index (χ0n) is 24.8. The first-order valence-corrected chi connectivity index (χ1v) is 14.0. The third-order valence-corrected chi connectivity index (χ3v) is 5.35. The van der Waals surface area contributed by atoms with Crippen molar-refractivity contribution in [1.29, 1.82) is 0 Å². The molecule has 0 saturated heterocycles. The molecule has 0 aliphatic rings. The Labute approximate surface area is 251 Å². The van der Waals surface area contributed by atoms with E-state index in [4.69, 9.17) is 5.11 Å². The van der Waals surface area contributed by atoms with Crippen LogP contribution in [0.4, 0.5) is 5.69 Å². The van der Waals surface area contributed by atoms with E-state index in [-0.39, 0.29) is 32.0 Å².